The molecular weight excluding hydrogens is 533 g/mol. The predicted octanol–water partition coefficient (Wildman–Crippen LogP) is 2.05. The van der Waals surface area contributed by atoms with E-state index in [1.165, 1.54) is 44.4 Å². The van der Waals surface area contributed by atoms with E-state index in [9.17, 15) is 33.2 Å². The summed E-state index contributed by atoms with van der Waals surface area (Å²) in [6.07, 6.45) is 2.80. The van der Waals surface area contributed by atoms with E-state index in [1.807, 2.05) is 11.0 Å². The lowest BCUT2D eigenvalue weighted by Gasteiger charge is -2.50. The molecule has 0 saturated carbocycles. The summed E-state index contributed by atoms with van der Waals surface area (Å²) in [6.45, 7) is 0.464. The van der Waals surface area contributed by atoms with Gasteiger partial charge in [0.15, 0.2) is 5.41 Å². The normalized spacial score (nSPS) is 23.0. The summed E-state index contributed by atoms with van der Waals surface area (Å²) < 4.78 is 13.3. The van der Waals surface area contributed by atoms with Gasteiger partial charge in [-0.2, -0.15) is 0 Å². The van der Waals surface area contributed by atoms with Crippen LogP contribution in [0.5, 0.6) is 0 Å². The van der Waals surface area contributed by atoms with Crippen molar-refractivity contribution < 1.29 is 33.2 Å². The Morgan fingerprint density at radius 3 is 2.34 bits per heavy atom. The van der Waals surface area contributed by atoms with Gasteiger partial charge in [0.2, 0.25) is 11.8 Å². The molecule has 4 aliphatic rings. The average Bonchev–Trinajstić information content (AvgIpc) is 3.46. The monoisotopic (exact) mass is 559 g/mol. The van der Waals surface area contributed by atoms with Crippen LogP contribution in [0.15, 0.2) is 48.0 Å². The number of hydrogen-bond acceptors (Lipinski definition) is 7. The minimum atomic E-state index is -1.48. The van der Waals surface area contributed by atoms with Crippen LogP contribution in [-0.4, -0.2) is 77.1 Å². The number of imide groups is 4. The lowest BCUT2D eigenvalue weighted by Crippen LogP contribution is -2.70. The number of nitrogens with one attached hydrogen (secondary N) is 1. The number of hydrogen-bond donors (Lipinski definition) is 1. The third-order valence-electron chi connectivity index (χ3n) is 8.40. The van der Waals surface area contributed by atoms with Crippen LogP contribution >= 0.6 is 0 Å². The zero-order chi connectivity index (χ0) is 29.2. The first-order valence-electron chi connectivity index (χ1n) is 13.2. The molecule has 1 atom stereocenters. The highest BCUT2D eigenvalue weighted by molar-refractivity contribution is 6.31. The van der Waals surface area contributed by atoms with E-state index in [0.29, 0.717) is 29.7 Å². The van der Waals surface area contributed by atoms with Gasteiger partial charge in [-0.05, 0) is 66.3 Å². The largest absolute Gasteiger partial charge is 0.367 e. The van der Waals surface area contributed by atoms with Gasteiger partial charge in [0.25, 0.3) is 11.8 Å². The molecule has 3 fully saturated rings. The number of nitrogens with zero attached hydrogens (tertiary/aromatic N) is 4. The van der Waals surface area contributed by atoms with Gasteiger partial charge in [0.1, 0.15) is 11.4 Å². The second-order valence-electron chi connectivity index (χ2n) is 10.7. The highest BCUT2D eigenvalue weighted by Gasteiger charge is 2.63. The second-order valence-corrected chi connectivity index (χ2v) is 10.7. The molecule has 4 aliphatic heterocycles. The summed E-state index contributed by atoms with van der Waals surface area (Å²) in [4.78, 5) is 83.0. The Kier molecular flexibility index (Phi) is 6.02. The summed E-state index contributed by atoms with van der Waals surface area (Å²) >= 11 is 0. The Hall–Kier alpha value is -4.87. The Morgan fingerprint density at radius 1 is 0.976 bits per heavy atom. The molecule has 2 aromatic carbocycles. The fraction of sp³-hybridized carbons (Fsp3) is 0.310. The highest BCUT2D eigenvalue weighted by Crippen LogP contribution is 2.49. The number of carbonyl (C=O) groups is 6. The summed E-state index contributed by atoms with van der Waals surface area (Å²) in [5.41, 5.74) is 0.709. The molecule has 0 aromatic heterocycles. The topological polar surface area (TPSA) is 127 Å². The molecule has 210 valence electrons. The van der Waals surface area contributed by atoms with E-state index >= 15 is 0 Å². The number of carbonyl (C=O) groups excluding carboxylic acids is 6. The standard InChI is InChI=1S/C29H26FN5O6/c1-32-25(38)29(26(39)33(2)28(32)41)14-18-12-17(7-10-21(18)34-11-3-4-22(29)34)13-20-23(36)31-27(40)35(24(20)37)15-16-5-8-19(30)9-6-16/h5-10,12-13,22H,3-4,11,14-15H2,1-2H3,(H,31,36,40)/b20-13+/t22-/m1/s1. The molecule has 3 saturated heterocycles. The molecule has 41 heavy (non-hydrogen) atoms. The highest BCUT2D eigenvalue weighted by atomic mass is 19.1. The summed E-state index contributed by atoms with van der Waals surface area (Å²) in [7, 11) is 2.74. The quantitative estimate of drug-likeness (QED) is 0.346. The lowest BCUT2D eigenvalue weighted by atomic mass is 9.68. The Labute approximate surface area is 234 Å². The van der Waals surface area contributed by atoms with Crippen molar-refractivity contribution in [2.45, 2.75) is 31.8 Å². The van der Waals surface area contributed by atoms with E-state index in [0.717, 1.165) is 26.8 Å². The van der Waals surface area contributed by atoms with Crippen molar-refractivity contribution in [1.29, 1.82) is 0 Å². The van der Waals surface area contributed by atoms with Crippen LogP contribution in [0.25, 0.3) is 6.08 Å². The van der Waals surface area contributed by atoms with Crippen LogP contribution in [-0.2, 0) is 32.1 Å². The fourth-order valence-corrected chi connectivity index (χ4v) is 6.40. The Morgan fingerprint density at radius 2 is 1.66 bits per heavy atom. The molecule has 4 heterocycles. The first-order chi connectivity index (χ1) is 19.5. The van der Waals surface area contributed by atoms with Crippen molar-refractivity contribution in [2.75, 3.05) is 25.5 Å². The van der Waals surface area contributed by atoms with Crippen LogP contribution in [0.2, 0.25) is 0 Å². The van der Waals surface area contributed by atoms with Gasteiger partial charge in [0, 0.05) is 26.3 Å². The van der Waals surface area contributed by atoms with E-state index in [1.54, 1.807) is 12.1 Å². The summed E-state index contributed by atoms with van der Waals surface area (Å²) in [6, 6.07) is 8.61. The summed E-state index contributed by atoms with van der Waals surface area (Å²) in [5, 5.41) is 2.17. The number of amides is 8. The van der Waals surface area contributed by atoms with Crippen molar-refractivity contribution in [3.05, 3.63) is 70.5 Å². The molecule has 0 bridgehead atoms. The van der Waals surface area contributed by atoms with Crippen molar-refractivity contribution in [3.63, 3.8) is 0 Å². The van der Waals surface area contributed by atoms with Gasteiger partial charge in [-0.1, -0.05) is 18.2 Å². The molecule has 0 aliphatic carbocycles. The molecule has 8 amide bonds. The maximum atomic E-state index is 13.6. The molecule has 6 rings (SSSR count). The van der Waals surface area contributed by atoms with Crippen LogP contribution < -0.4 is 10.2 Å². The second kappa shape index (κ2) is 9.36. The van der Waals surface area contributed by atoms with Crippen LogP contribution in [0.1, 0.15) is 29.5 Å². The van der Waals surface area contributed by atoms with Gasteiger partial charge >= 0.3 is 12.1 Å². The van der Waals surface area contributed by atoms with E-state index in [2.05, 4.69) is 5.32 Å². The molecule has 12 heteroatoms. The molecule has 1 spiro atoms. The van der Waals surface area contributed by atoms with Gasteiger partial charge in [-0.15, -0.1) is 0 Å². The maximum absolute atomic E-state index is 13.6. The molecule has 0 unspecified atom stereocenters. The summed E-state index contributed by atoms with van der Waals surface area (Å²) in [5.74, 6) is -3.22. The van der Waals surface area contributed by atoms with Gasteiger partial charge in [-0.3, -0.25) is 39.2 Å². The molecule has 1 N–H and O–H groups in total. The number of barbiturate groups is 2. The van der Waals surface area contributed by atoms with Crippen LogP contribution in [0.3, 0.4) is 0 Å². The van der Waals surface area contributed by atoms with E-state index in [4.69, 9.17) is 0 Å². The zero-order valence-corrected chi connectivity index (χ0v) is 22.3. The number of fused-ring (bicyclic) bond motifs is 4. The van der Waals surface area contributed by atoms with Gasteiger partial charge in [-0.25, -0.2) is 14.0 Å². The van der Waals surface area contributed by atoms with Gasteiger partial charge in [0.05, 0.1) is 12.6 Å². The molecule has 11 nitrogen and oxygen atoms in total. The van der Waals surface area contributed by atoms with Crippen LogP contribution in [0, 0.1) is 11.2 Å². The first kappa shape index (κ1) is 26.4. The molecule has 2 aromatic rings. The maximum Gasteiger partial charge on any atom is 0.332 e. The number of rotatable bonds is 3. The number of benzene rings is 2. The van der Waals surface area contributed by atoms with Crippen molar-refractivity contribution in [2.24, 2.45) is 5.41 Å². The van der Waals surface area contributed by atoms with Crippen molar-refractivity contribution in [3.8, 4) is 0 Å². The van der Waals surface area contributed by atoms with E-state index < -0.39 is 53.0 Å². The third-order valence-corrected chi connectivity index (χ3v) is 8.40. The minimum Gasteiger partial charge on any atom is -0.367 e. The number of urea groups is 2. The van der Waals surface area contributed by atoms with E-state index in [-0.39, 0.29) is 18.5 Å². The Balaban J connectivity index is 1.36. The Bertz CT molecular complexity index is 1560. The first-order valence-corrected chi connectivity index (χ1v) is 13.2. The lowest BCUT2D eigenvalue weighted by molar-refractivity contribution is -0.159. The predicted molar refractivity (Wildman–Crippen MR) is 142 cm³/mol. The van der Waals surface area contributed by atoms with Crippen molar-refractivity contribution >= 4 is 47.5 Å². The molecule has 0 radical (unpaired) electrons. The molecular formula is C29H26FN5O6. The fourth-order valence-electron chi connectivity index (χ4n) is 6.40. The minimum absolute atomic E-state index is 0.0511. The SMILES string of the molecule is CN1C(=O)N(C)C(=O)C2(Cc3cc(/C=C4\C(=O)NC(=O)N(Cc5ccc(F)cc5)C4=O)ccc3N3CCC[C@@H]32)C1=O. The van der Waals surface area contributed by atoms with Crippen molar-refractivity contribution in [1.82, 2.24) is 20.0 Å². The third kappa shape index (κ3) is 3.92. The number of halogens is 1. The smallest absolute Gasteiger partial charge is 0.332 e. The number of anilines is 1. The zero-order valence-electron chi connectivity index (χ0n) is 22.3. The average molecular weight is 560 g/mol. The van der Waals surface area contributed by atoms with Crippen LogP contribution in [0.4, 0.5) is 19.7 Å². The van der Waals surface area contributed by atoms with Gasteiger partial charge < -0.3 is 4.90 Å².